The van der Waals surface area contributed by atoms with Gasteiger partial charge in [-0.05, 0) is 63.6 Å². The smallest absolute Gasteiger partial charge is 0.408 e. The van der Waals surface area contributed by atoms with E-state index >= 15 is 0 Å². The van der Waals surface area contributed by atoms with Crippen molar-refractivity contribution in [3.05, 3.63) is 70.8 Å². The molecule has 0 aliphatic carbocycles. The van der Waals surface area contributed by atoms with E-state index in [1.807, 2.05) is 76.2 Å². The van der Waals surface area contributed by atoms with Gasteiger partial charge in [0.2, 0.25) is 11.8 Å². The van der Waals surface area contributed by atoms with Crippen molar-refractivity contribution in [1.29, 1.82) is 0 Å². The Morgan fingerprint density at radius 3 is 2.22 bits per heavy atom. The lowest BCUT2D eigenvalue weighted by Crippen LogP contribution is -2.55. The fraction of sp³-hybridized carbons (Fsp3) is 0.559. The van der Waals surface area contributed by atoms with Crippen LogP contribution in [0.2, 0.25) is 0 Å². The van der Waals surface area contributed by atoms with Gasteiger partial charge >= 0.3 is 6.09 Å². The van der Waals surface area contributed by atoms with E-state index in [9.17, 15) is 14.4 Å². The van der Waals surface area contributed by atoms with Gasteiger partial charge in [0.15, 0.2) is 0 Å². The summed E-state index contributed by atoms with van der Waals surface area (Å²) in [5.74, 6) is -0.688. The highest BCUT2D eigenvalue weighted by molar-refractivity contribution is 5.92. The second-order valence-electron chi connectivity index (χ2n) is 12.1. The van der Waals surface area contributed by atoms with Crippen LogP contribution in [0.1, 0.15) is 102 Å². The maximum atomic E-state index is 14.5. The first kappa shape index (κ1) is 33.9. The molecule has 2 aromatic rings. The number of ether oxygens (including phenoxy) is 1. The second-order valence-corrected chi connectivity index (χ2v) is 12.1. The number of carbonyl (C=O) groups excluding carboxylic acids is 3. The number of rotatable bonds is 14. The van der Waals surface area contributed by atoms with Gasteiger partial charge in [-0.3, -0.25) is 9.59 Å². The quantitative estimate of drug-likeness (QED) is 0.241. The molecule has 2 N–H and O–H groups in total. The summed E-state index contributed by atoms with van der Waals surface area (Å²) in [5, 5.41) is 5.93. The molecular formula is C34H51N3O4. The van der Waals surface area contributed by atoms with Crippen LogP contribution in [0, 0.1) is 19.8 Å². The van der Waals surface area contributed by atoms with Crippen LogP contribution in [0.5, 0.6) is 0 Å². The molecule has 0 bridgehead atoms. The number of unbranched alkanes of at least 4 members (excludes halogenated alkanes) is 3. The summed E-state index contributed by atoms with van der Waals surface area (Å²) in [6, 6.07) is 14.0. The fourth-order valence-electron chi connectivity index (χ4n) is 4.84. The molecule has 226 valence electrons. The average molecular weight is 566 g/mol. The van der Waals surface area contributed by atoms with Crippen LogP contribution < -0.4 is 10.6 Å². The molecule has 0 spiro atoms. The summed E-state index contributed by atoms with van der Waals surface area (Å²) in [6.45, 7) is 16.2. The van der Waals surface area contributed by atoms with Gasteiger partial charge in [0.25, 0.3) is 0 Å². The molecule has 0 aromatic heterocycles. The van der Waals surface area contributed by atoms with E-state index in [-0.39, 0.29) is 17.7 Å². The number of benzene rings is 2. The molecule has 0 heterocycles. The van der Waals surface area contributed by atoms with E-state index in [0.29, 0.717) is 19.5 Å². The Labute approximate surface area is 247 Å². The molecular weight excluding hydrogens is 514 g/mol. The van der Waals surface area contributed by atoms with Crippen LogP contribution in [-0.4, -0.2) is 41.0 Å². The molecule has 0 saturated carbocycles. The third-order valence-corrected chi connectivity index (χ3v) is 7.28. The van der Waals surface area contributed by atoms with Gasteiger partial charge in [0.1, 0.15) is 17.7 Å². The Morgan fingerprint density at radius 2 is 1.63 bits per heavy atom. The number of nitrogens with one attached hydrogen (secondary N) is 2. The third kappa shape index (κ3) is 10.9. The zero-order chi connectivity index (χ0) is 30.6. The number of alkyl carbamates (subject to hydrolysis) is 1. The molecule has 0 saturated heterocycles. The minimum Gasteiger partial charge on any atom is -0.444 e. The van der Waals surface area contributed by atoms with Crippen molar-refractivity contribution in [3.63, 3.8) is 0 Å². The van der Waals surface area contributed by atoms with Crippen molar-refractivity contribution >= 4 is 17.9 Å². The maximum Gasteiger partial charge on any atom is 0.408 e. The molecule has 0 fully saturated rings. The lowest BCUT2D eigenvalue weighted by Gasteiger charge is -2.36. The van der Waals surface area contributed by atoms with Crippen molar-refractivity contribution in [2.45, 2.75) is 112 Å². The van der Waals surface area contributed by atoms with E-state index in [1.165, 1.54) is 0 Å². The van der Waals surface area contributed by atoms with Gasteiger partial charge in [-0.25, -0.2) is 4.79 Å². The highest BCUT2D eigenvalue weighted by atomic mass is 16.6. The van der Waals surface area contributed by atoms with Crippen molar-refractivity contribution in [1.82, 2.24) is 15.5 Å². The minimum absolute atomic E-state index is 0.166. The molecule has 0 aliphatic heterocycles. The lowest BCUT2D eigenvalue weighted by atomic mass is 9.93. The van der Waals surface area contributed by atoms with Gasteiger partial charge < -0.3 is 20.3 Å². The molecule has 7 heteroatoms. The van der Waals surface area contributed by atoms with Gasteiger partial charge in [-0.2, -0.15) is 0 Å². The zero-order valence-corrected chi connectivity index (χ0v) is 26.4. The Balaban J connectivity index is 2.54. The van der Waals surface area contributed by atoms with Crippen LogP contribution in [0.3, 0.4) is 0 Å². The topological polar surface area (TPSA) is 87.7 Å². The van der Waals surface area contributed by atoms with Crippen LogP contribution in [0.15, 0.2) is 48.5 Å². The Morgan fingerprint density at radius 1 is 0.951 bits per heavy atom. The highest BCUT2D eigenvalue weighted by Gasteiger charge is 2.38. The number of amides is 3. The predicted octanol–water partition coefficient (Wildman–Crippen LogP) is 7.01. The molecule has 3 atom stereocenters. The van der Waals surface area contributed by atoms with Crippen molar-refractivity contribution < 1.29 is 19.1 Å². The number of nitrogens with zero attached hydrogens (tertiary/aromatic N) is 1. The monoisotopic (exact) mass is 565 g/mol. The first-order valence-corrected chi connectivity index (χ1v) is 15.1. The Kier molecular flexibility index (Phi) is 13.4. The molecule has 7 nitrogen and oxygen atoms in total. The standard InChI is InChI=1S/C34H51N3O4/c1-9-11-12-16-21-37(32(39)29(25(4)10-2)36-33(40)41-34(6,7)8)30(28-20-19-24(3)22-26(28)5)31(38)35-23-27-17-14-13-15-18-27/h13-15,17-20,22,25,29-30H,9-12,16,21,23H2,1-8H3,(H,35,38)(H,36,40). The van der Waals surface area contributed by atoms with Crippen molar-refractivity contribution in [3.8, 4) is 0 Å². The molecule has 2 rings (SSSR count). The Bertz CT molecular complexity index is 1130. The number of hydrogen-bond donors (Lipinski definition) is 2. The number of hydrogen-bond acceptors (Lipinski definition) is 4. The highest BCUT2D eigenvalue weighted by Crippen LogP contribution is 2.28. The third-order valence-electron chi connectivity index (χ3n) is 7.28. The molecule has 3 unspecified atom stereocenters. The molecule has 0 radical (unpaired) electrons. The van der Waals surface area contributed by atoms with E-state index in [4.69, 9.17) is 4.74 Å². The molecule has 0 aliphatic rings. The van der Waals surface area contributed by atoms with Gasteiger partial charge in [-0.1, -0.05) is 101 Å². The van der Waals surface area contributed by atoms with Crippen LogP contribution in [-0.2, 0) is 20.9 Å². The normalized spacial score (nSPS) is 13.6. The molecule has 2 aromatic carbocycles. The average Bonchev–Trinajstić information content (AvgIpc) is 2.91. The van der Waals surface area contributed by atoms with Crippen LogP contribution in [0.4, 0.5) is 4.79 Å². The van der Waals surface area contributed by atoms with Gasteiger partial charge in [-0.15, -0.1) is 0 Å². The summed E-state index contributed by atoms with van der Waals surface area (Å²) in [4.78, 5) is 43.0. The van der Waals surface area contributed by atoms with Crippen LogP contribution in [0.25, 0.3) is 0 Å². The lowest BCUT2D eigenvalue weighted by molar-refractivity contribution is -0.143. The minimum atomic E-state index is -0.847. The summed E-state index contributed by atoms with van der Waals surface area (Å²) in [5.41, 5.74) is 3.08. The number of carbonyl (C=O) groups is 3. The first-order chi connectivity index (χ1) is 19.4. The second kappa shape index (κ2) is 16.2. The maximum absolute atomic E-state index is 14.5. The predicted molar refractivity (Wildman–Crippen MR) is 165 cm³/mol. The summed E-state index contributed by atoms with van der Waals surface area (Å²) in [6.07, 6.45) is 3.83. The SMILES string of the molecule is CCCCCCN(C(=O)C(NC(=O)OC(C)(C)C)C(C)CC)C(C(=O)NCc1ccccc1)c1ccc(C)cc1C. The summed E-state index contributed by atoms with van der Waals surface area (Å²) >= 11 is 0. The largest absolute Gasteiger partial charge is 0.444 e. The zero-order valence-electron chi connectivity index (χ0n) is 26.4. The van der Waals surface area contributed by atoms with Crippen molar-refractivity contribution in [2.75, 3.05) is 6.54 Å². The van der Waals surface area contributed by atoms with Crippen molar-refractivity contribution in [2.24, 2.45) is 5.92 Å². The fourth-order valence-corrected chi connectivity index (χ4v) is 4.84. The van der Waals surface area contributed by atoms with Gasteiger partial charge in [0, 0.05) is 13.1 Å². The van der Waals surface area contributed by atoms with E-state index in [2.05, 4.69) is 17.6 Å². The first-order valence-electron chi connectivity index (χ1n) is 15.1. The number of aryl methyl sites for hydroxylation is 2. The van der Waals surface area contributed by atoms with E-state index in [1.54, 1.807) is 25.7 Å². The van der Waals surface area contributed by atoms with Crippen LogP contribution >= 0.6 is 0 Å². The van der Waals surface area contributed by atoms with E-state index < -0.39 is 23.8 Å². The molecule has 41 heavy (non-hydrogen) atoms. The van der Waals surface area contributed by atoms with E-state index in [0.717, 1.165) is 47.9 Å². The Hall–Kier alpha value is -3.35. The van der Waals surface area contributed by atoms with Gasteiger partial charge in [0.05, 0.1) is 0 Å². The summed E-state index contributed by atoms with van der Waals surface area (Å²) < 4.78 is 5.52. The molecule has 3 amide bonds. The summed E-state index contributed by atoms with van der Waals surface area (Å²) in [7, 11) is 0.